The fourth-order valence-corrected chi connectivity index (χ4v) is 3.51. The van der Waals surface area contributed by atoms with Crippen molar-refractivity contribution in [3.8, 4) is 11.5 Å². The first kappa shape index (κ1) is 21.4. The molecule has 1 N–H and O–H groups in total. The molecule has 152 valence electrons. The van der Waals surface area contributed by atoms with Crippen molar-refractivity contribution in [2.75, 3.05) is 12.4 Å². The van der Waals surface area contributed by atoms with Crippen molar-refractivity contribution in [1.29, 1.82) is 0 Å². The molecule has 0 atom stereocenters. The SMILES string of the molecule is C=CCn1nnnc1NCc1c(Br)ccc(OC)c1OCc1ccc(Cl)cc1Cl. The van der Waals surface area contributed by atoms with Crippen molar-refractivity contribution >= 4 is 45.1 Å². The second-order valence-corrected chi connectivity index (χ2v) is 7.61. The Morgan fingerprint density at radius 2 is 2.10 bits per heavy atom. The monoisotopic (exact) mass is 497 g/mol. The van der Waals surface area contributed by atoms with Gasteiger partial charge >= 0.3 is 0 Å². The van der Waals surface area contributed by atoms with Crippen LogP contribution in [0.2, 0.25) is 10.0 Å². The second kappa shape index (κ2) is 9.96. The maximum absolute atomic E-state index is 6.27. The Bertz CT molecular complexity index is 1010. The molecule has 0 bridgehead atoms. The summed E-state index contributed by atoms with van der Waals surface area (Å²) in [6.07, 6.45) is 1.72. The number of hydrogen-bond acceptors (Lipinski definition) is 6. The molecule has 3 aromatic rings. The molecule has 0 saturated heterocycles. The van der Waals surface area contributed by atoms with Gasteiger partial charge in [-0.1, -0.05) is 56.4 Å². The maximum Gasteiger partial charge on any atom is 0.243 e. The van der Waals surface area contributed by atoms with Gasteiger partial charge in [0.2, 0.25) is 5.95 Å². The normalized spacial score (nSPS) is 10.6. The lowest BCUT2D eigenvalue weighted by Gasteiger charge is -2.17. The molecule has 0 amide bonds. The number of tetrazole rings is 1. The third-order valence-corrected chi connectivity index (χ3v) is 5.36. The number of nitrogens with zero attached hydrogens (tertiary/aromatic N) is 4. The van der Waals surface area contributed by atoms with E-state index in [-0.39, 0.29) is 6.61 Å². The molecule has 0 aliphatic heterocycles. The molecule has 0 radical (unpaired) electrons. The van der Waals surface area contributed by atoms with Gasteiger partial charge in [0.15, 0.2) is 11.5 Å². The van der Waals surface area contributed by atoms with E-state index < -0.39 is 0 Å². The van der Waals surface area contributed by atoms with E-state index in [2.05, 4.69) is 43.4 Å². The van der Waals surface area contributed by atoms with Gasteiger partial charge in [-0.3, -0.25) is 0 Å². The minimum Gasteiger partial charge on any atom is -0.493 e. The van der Waals surface area contributed by atoms with E-state index in [4.69, 9.17) is 32.7 Å². The molecular formula is C19H18BrCl2N5O2. The predicted molar refractivity (Wildman–Crippen MR) is 117 cm³/mol. The quantitative estimate of drug-likeness (QED) is 0.412. The van der Waals surface area contributed by atoms with Crippen LogP contribution in [0, 0.1) is 0 Å². The van der Waals surface area contributed by atoms with Crippen molar-refractivity contribution < 1.29 is 9.47 Å². The standard InChI is InChI=1S/C19H18BrCl2N5O2/c1-3-8-27-19(24-25-26-27)23-10-14-15(20)6-7-17(28-2)18(14)29-11-12-4-5-13(21)9-16(12)22/h3-7,9H,1,8,10-11H2,2H3,(H,23,24,26). The molecule has 3 rings (SSSR count). The Hall–Kier alpha value is -2.29. The summed E-state index contributed by atoms with van der Waals surface area (Å²) < 4.78 is 14.0. The van der Waals surface area contributed by atoms with E-state index in [1.807, 2.05) is 18.2 Å². The number of allylic oxidation sites excluding steroid dienone is 1. The van der Waals surface area contributed by atoms with Gasteiger partial charge in [0.1, 0.15) is 6.61 Å². The second-order valence-electron chi connectivity index (χ2n) is 5.91. The largest absolute Gasteiger partial charge is 0.493 e. The number of halogens is 3. The molecule has 29 heavy (non-hydrogen) atoms. The molecule has 0 aliphatic rings. The number of hydrogen-bond donors (Lipinski definition) is 1. The van der Waals surface area contributed by atoms with Crippen molar-refractivity contribution in [3.05, 3.63) is 68.6 Å². The summed E-state index contributed by atoms with van der Waals surface area (Å²) in [5.41, 5.74) is 1.66. The highest BCUT2D eigenvalue weighted by atomic mass is 79.9. The van der Waals surface area contributed by atoms with E-state index in [0.29, 0.717) is 40.6 Å². The van der Waals surface area contributed by atoms with Crippen LogP contribution in [0.1, 0.15) is 11.1 Å². The van der Waals surface area contributed by atoms with Crippen molar-refractivity contribution in [1.82, 2.24) is 20.2 Å². The van der Waals surface area contributed by atoms with Crippen molar-refractivity contribution in [3.63, 3.8) is 0 Å². The van der Waals surface area contributed by atoms with E-state index in [0.717, 1.165) is 15.6 Å². The van der Waals surface area contributed by atoms with Gasteiger partial charge in [-0.2, -0.15) is 0 Å². The zero-order chi connectivity index (χ0) is 20.8. The fraction of sp³-hybridized carbons (Fsp3) is 0.211. The molecule has 1 aromatic heterocycles. The first-order chi connectivity index (χ1) is 14.0. The van der Waals surface area contributed by atoms with Gasteiger partial charge in [0.05, 0.1) is 13.7 Å². The average Bonchev–Trinajstić information content (AvgIpc) is 3.14. The maximum atomic E-state index is 6.27. The van der Waals surface area contributed by atoms with Gasteiger partial charge in [0, 0.05) is 32.2 Å². The molecule has 0 spiro atoms. The van der Waals surface area contributed by atoms with Crippen molar-refractivity contribution in [2.45, 2.75) is 19.7 Å². The number of methoxy groups -OCH3 is 1. The smallest absolute Gasteiger partial charge is 0.243 e. The molecule has 10 heteroatoms. The van der Waals surface area contributed by atoms with E-state index in [1.54, 1.807) is 30.0 Å². The van der Waals surface area contributed by atoms with Crippen LogP contribution in [0.15, 0.2) is 47.5 Å². The summed E-state index contributed by atoms with van der Waals surface area (Å²) >= 11 is 15.8. The first-order valence-corrected chi connectivity index (χ1v) is 10.1. The van der Waals surface area contributed by atoms with E-state index in [1.165, 1.54) is 0 Å². The van der Waals surface area contributed by atoms with Gasteiger partial charge < -0.3 is 14.8 Å². The third kappa shape index (κ3) is 5.20. The highest BCUT2D eigenvalue weighted by Gasteiger charge is 2.17. The van der Waals surface area contributed by atoms with Crippen LogP contribution in [-0.4, -0.2) is 27.3 Å². The van der Waals surface area contributed by atoms with Gasteiger partial charge in [0.25, 0.3) is 0 Å². The van der Waals surface area contributed by atoms with Crippen LogP contribution < -0.4 is 14.8 Å². The third-order valence-electron chi connectivity index (χ3n) is 4.03. The van der Waals surface area contributed by atoms with Crippen LogP contribution in [-0.2, 0) is 19.7 Å². The van der Waals surface area contributed by atoms with Crippen LogP contribution in [0.25, 0.3) is 0 Å². The Morgan fingerprint density at radius 3 is 2.83 bits per heavy atom. The highest BCUT2D eigenvalue weighted by Crippen LogP contribution is 2.37. The minimum atomic E-state index is 0.254. The number of anilines is 1. The van der Waals surface area contributed by atoms with Gasteiger partial charge in [-0.15, -0.1) is 6.58 Å². The molecule has 0 aliphatic carbocycles. The van der Waals surface area contributed by atoms with Crippen molar-refractivity contribution in [2.24, 2.45) is 0 Å². The summed E-state index contributed by atoms with van der Waals surface area (Å²) in [5.74, 6) is 1.70. The number of nitrogens with one attached hydrogen (secondary N) is 1. The highest BCUT2D eigenvalue weighted by molar-refractivity contribution is 9.10. The minimum absolute atomic E-state index is 0.254. The topological polar surface area (TPSA) is 74.1 Å². The van der Waals surface area contributed by atoms with Crippen LogP contribution in [0.4, 0.5) is 5.95 Å². The molecule has 0 fully saturated rings. The molecule has 0 unspecified atom stereocenters. The van der Waals surface area contributed by atoms with Gasteiger partial charge in [-0.05, 0) is 34.7 Å². The predicted octanol–water partition coefficient (Wildman–Crippen LogP) is 5.13. The lowest BCUT2D eigenvalue weighted by molar-refractivity contribution is 0.281. The Morgan fingerprint density at radius 1 is 1.28 bits per heavy atom. The van der Waals surface area contributed by atoms with Crippen LogP contribution >= 0.6 is 39.1 Å². The first-order valence-electron chi connectivity index (χ1n) is 8.56. The number of aromatic nitrogens is 4. The molecule has 0 saturated carbocycles. The summed E-state index contributed by atoms with van der Waals surface area (Å²) in [5, 5.41) is 15.9. The molecule has 1 heterocycles. The molecular weight excluding hydrogens is 481 g/mol. The van der Waals surface area contributed by atoms with E-state index in [9.17, 15) is 0 Å². The Kier molecular flexibility index (Phi) is 7.35. The molecule has 7 nitrogen and oxygen atoms in total. The zero-order valence-corrected chi connectivity index (χ0v) is 18.6. The Labute approximate surface area is 186 Å². The van der Waals surface area contributed by atoms with Gasteiger partial charge in [-0.25, -0.2) is 4.68 Å². The lowest BCUT2D eigenvalue weighted by Crippen LogP contribution is -2.10. The Balaban J connectivity index is 1.84. The lowest BCUT2D eigenvalue weighted by atomic mass is 10.1. The number of rotatable bonds is 9. The number of benzene rings is 2. The fourth-order valence-electron chi connectivity index (χ4n) is 2.60. The van der Waals surface area contributed by atoms with Crippen LogP contribution in [0.3, 0.4) is 0 Å². The van der Waals surface area contributed by atoms with E-state index >= 15 is 0 Å². The summed E-state index contributed by atoms with van der Waals surface area (Å²) in [7, 11) is 1.59. The number of ether oxygens (including phenoxy) is 2. The summed E-state index contributed by atoms with van der Waals surface area (Å²) in [4.78, 5) is 0. The average molecular weight is 499 g/mol. The summed E-state index contributed by atoms with van der Waals surface area (Å²) in [6, 6.07) is 9.00. The van der Waals surface area contributed by atoms with Crippen LogP contribution in [0.5, 0.6) is 11.5 Å². The summed E-state index contributed by atoms with van der Waals surface area (Å²) in [6.45, 7) is 4.85. The zero-order valence-electron chi connectivity index (χ0n) is 15.5. The molecule has 2 aromatic carbocycles.